The van der Waals surface area contributed by atoms with Gasteiger partial charge < -0.3 is 5.11 Å². The summed E-state index contributed by atoms with van der Waals surface area (Å²) in [5.41, 5.74) is 2.07. The highest BCUT2D eigenvalue weighted by molar-refractivity contribution is 5.55. The second-order valence-corrected chi connectivity index (χ2v) is 7.81. The number of H-pyrrole nitrogens is 1. The molecule has 24 heavy (non-hydrogen) atoms. The van der Waals surface area contributed by atoms with Gasteiger partial charge >= 0.3 is 0 Å². The van der Waals surface area contributed by atoms with Crippen LogP contribution in [0.5, 0.6) is 5.75 Å². The summed E-state index contributed by atoms with van der Waals surface area (Å²) in [5, 5.41) is 34.5. The molecule has 0 unspecified atom stereocenters. The van der Waals surface area contributed by atoms with E-state index in [1.807, 2.05) is 26.8 Å². The van der Waals surface area contributed by atoms with Crippen LogP contribution in [0.1, 0.15) is 58.4 Å². The van der Waals surface area contributed by atoms with Crippen LogP contribution in [0.2, 0.25) is 0 Å². The molecule has 2 aromatic rings. The van der Waals surface area contributed by atoms with Crippen LogP contribution in [-0.2, 0) is 10.8 Å². The third-order valence-electron chi connectivity index (χ3n) is 3.67. The molecule has 1 aromatic carbocycles. The van der Waals surface area contributed by atoms with Gasteiger partial charge in [-0.3, -0.25) is 5.10 Å². The average Bonchev–Trinajstić information content (AvgIpc) is 2.88. The zero-order chi connectivity index (χ0) is 18.1. The molecule has 0 aliphatic heterocycles. The van der Waals surface area contributed by atoms with E-state index >= 15 is 0 Å². The fraction of sp³-hybridized carbons (Fsp3) is 0.444. The molecule has 0 aliphatic carbocycles. The maximum Gasteiger partial charge on any atom is 0.188 e. The van der Waals surface area contributed by atoms with Gasteiger partial charge in [-0.15, -0.1) is 10.2 Å². The lowest BCUT2D eigenvalue weighted by Gasteiger charge is -2.19. The second-order valence-electron chi connectivity index (χ2n) is 7.81. The number of aromatic amines is 1. The minimum absolute atomic E-state index is 0.0424. The first-order valence-corrected chi connectivity index (χ1v) is 7.78. The van der Waals surface area contributed by atoms with Crippen LogP contribution >= 0.6 is 0 Å². The molecule has 6 heteroatoms. The van der Waals surface area contributed by atoms with Crippen molar-refractivity contribution >= 4 is 11.5 Å². The molecule has 6 nitrogen and oxygen atoms in total. The monoisotopic (exact) mass is 325 g/mol. The van der Waals surface area contributed by atoms with E-state index in [0.29, 0.717) is 22.8 Å². The van der Waals surface area contributed by atoms with E-state index in [0.717, 1.165) is 5.56 Å². The van der Waals surface area contributed by atoms with Crippen molar-refractivity contribution in [1.29, 1.82) is 5.26 Å². The molecule has 0 amide bonds. The van der Waals surface area contributed by atoms with E-state index in [9.17, 15) is 10.4 Å². The highest BCUT2D eigenvalue weighted by Crippen LogP contribution is 2.35. The molecule has 0 radical (unpaired) electrons. The number of phenols is 1. The van der Waals surface area contributed by atoms with Crippen LogP contribution in [0.3, 0.4) is 0 Å². The summed E-state index contributed by atoms with van der Waals surface area (Å²) in [5.74, 6) is 0.337. The molecule has 0 spiro atoms. The molecule has 126 valence electrons. The Balaban J connectivity index is 2.43. The standard InChI is InChI=1S/C18H23N5O/c1-17(2,3)11-7-8-14(24)13(9-11)20-22-16-12(10-19)15(21-23-16)18(4,5)6/h7-9,24H,1-6H3,(H,21,23)/b22-20+. The van der Waals surface area contributed by atoms with E-state index in [2.05, 4.69) is 47.3 Å². The first-order valence-electron chi connectivity index (χ1n) is 7.78. The number of benzene rings is 1. The van der Waals surface area contributed by atoms with Gasteiger partial charge in [-0.25, -0.2) is 0 Å². The molecule has 0 aliphatic rings. The molecule has 2 N–H and O–H groups in total. The van der Waals surface area contributed by atoms with Crippen molar-refractivity contribution in [3.63, 3.8) is 0 Å². The van der Waals surface area contributed by atoms with Crippen molar-refractivity contribution in [1.82, 2.24) is 10.2 Å². The summed E-state index contributed by atoms with van der Waals surface area (Å²) < 4.78 is 0. The number of hydrogen-bond acceptors (Lipinski definition) is 5. The SMILES string of the molecule is CC(C)(C)c1ccc(O)c(/N=N/c2[nH]nc(C(C)(C)C)c2C#N)c1. The van der Waals surface area contributed by atoms with Gasteiger partial charge in [0.25, 0.3) is 0 Å². The Morgan fingerprint density at radius 3 is 2.29 bits per heavy atom. The van der Waals surface area contributed by atoms with Crippen molar-refractivity contribution in [2.75, 3.05) is 0 Å². The number of rotatable bonds is 2. The molecule has 0 fully saturated rings. The van der Waals surface area contributed by atoms with Crippen molar-refractivity contribution < 1.29 is 5.11 Å². The van der Waals surface area contributed by atoms with Gasteiger partial charge in [0.2, 0.25) is 0 Å². The lowest BCUT2D eigenvalue weighted by atomic mass is 9.87. The van der Waals surface area contributed by atoms with E-state index < -0.39 is 0 Å². The Kier molecular flexibility index (Phi) is 4.48. The predicted octanol–water partition coefficient (Wildman–Crippen LogP) is 5.00. The van der Waals surface area contributed by atoms with Crippen molar-refractivity contribution in [3.05, 3.63) is 35.0 Å². The fourth-order valence-electron chi connectivity index (χ4n) is 2.23. The normalized spacial score (nSPS) is 12.5. The van der Waals surface area contributed by atoms with Crippen LogP contribution in [-0.4, -0.2) is 15.3 Å². The maximum absolute atomic E-state index is 10.00. The minimum Gasteiger partial charge on any atom is -0.506 e. The molecule has 1 heterocycles. The summed E-state index contributed by atoms with van der Waals surface area (Å²) in [6.07, 6.45) is 0. The Morgan fingerprint density at radius 1 is 1.08 bits per heavy atom. The highest BCUT2D eigenvalue weighted by atomic mass is 16.3. The van der Waals surface area contributed by atoms with Gasteiger partial charge in [0, 0.05) is 5.41 Å². The molecule has 1 aromatic heterocycles. The van der Waals surface area contributed by atoms with E-state index in [4.69, 9.17) is 0 Å². The third-order valence-corrected chi connectivity index (χ3v) is 3.67. The Bertz CT molecular complexity index is 809. The minimum atomic E-state index is -0.274. The Labute approximate surface area is 142 Å². The molecule has 0 saturated carbocycles. The average molecular weight is 325 g/mol. The third kappa shape index (κ3) is 3.62. The van der Waals surface area contributed by atoms with Crippen LogP contribution in [0.15, 0.2) is 28.4 Å². The van der Waals surface area contributed by atoms with Gasteiger partial charge in [0.05, 0.1) is 5.69 Å². The van der Waals surface area contributed by atoms with E-state index in [1.54, 1.807) is 12.1 Å². The van der Waals surface area contributed by atoms with Crippen molar-refractivity contribution in [2.45, 2.75) is 52.4 Å². The van der Waals surface area contributed by atoms with Crippen LogP contribution < -0.4 is 0 Å². The van der Waals surface area contributed by atoms with Gasteiger partial charge in [-0.1, -0.05) is 47.6 Å². The van der Waals surface area contributed by atoms with Crippen molar-refractivity contribution in [2.24, 2.45) is 10.2 Å². The Hall–Kier alpha value is -2.68. The van der Waals surface area contributed by atoms with Crippen LogP contribution in [0, 0.1) is 11.3 Å². The lowest BCUT2D eigenvalue weighted by molar-refractivity contribution is 0.475. The van der Waals surface area contributed by atoms with Crippen LogP contribution in [0.4, 0.5) is 11.5 Å². The molecule has 0 saturated heterocycles. The number of hydrogen-bond donors (Lipinski definition) is 2. The van der Waals surface area contributed by atoms with Gasteiger partial charge in [0.15, 0.2) is 5.82 Å². The number of nitriles is 1. The topological polar surface area (TPSA) is 97.4 Å². The number of aromatic hydroxyl groups is 1. The first kappa shape index (κ1) is 17.7. The summed E-state index contributed by atoms with van der Waals surface area (Å²) in [6.45, 7) is 12.2. The van der Waals surface area contributed by atoms with Gasteiger partial charge in [-0.05, 0) is 23.1 Å². The second kappa shape index (κ2) is 6.08. The van der Waals surface area contributed by atoms with Crippen molar-refractivity contribution in [3.8, 4) is 11.8 Å². The van der Waals surface area contributed by atoms with Gasteiger partial charge in [0.1, 0.15) is 23.1 Å². The number of nitrogens with one attached hydrogen (secondary N) is 1. The molecular weight excluding hydrogens is 302 g/mol. The molecular formula is C18H23N5O. The molecule has 2 rings (SSSR count). The number of aromatic nitrogens is 2. The zero-order valence-electron chi connectivity index (χ0n) is 15.0. The zero-order valence-corrected chi connectivity index (χ0v) is 15.0. The summed E-state index contributed by atoms with van der Waals surface area (Å²) in [7, 11) is 0. The Morgan fingerprint density at radius 2 is 1.75 bits per heavy atom. The lowest BCUT2D eigenvalue weighted by Crippen LogP contribution is -2.13. The quantitative estimate of drug-likeness (QED) is 0.760. The van der Waals surface area contributed by atoms with E-state index in [-0.39, 0.29) is 16.6 Å². The summed E-state index contributed by atoms with van der Waals surface area (Å²) in [6, 6.07) is 7.39. The summed E-state index contributed by atoms with van der Waals surface area (Å²) >= 11 is 0. The van der Waals surface area contributed by atoms with Crippen LogP contribution in [0.25, 0.3) is 0 Å². The smallest absolute Gasteiger partial charge is 0.188 e. The fourth-order valence-corrected chi connectivity index (χ4v) is 2.23. The predicted molar refractivity (Wildman–Crippen MR) is 93.0 cm³/mol. The maximum atomic E-state index is 10.00. The first-order chi connectivity index (χ1) is 11.0. The molecule has 0 bridgehead atoms. The summed E-state index contributed by atoms with van der Waals surface area (Å²) in [4.78, 5) is 0. The largest absolute Gasteiger partial charge is 0.506 e. The highest BCUT2D eigenvalue weighted by Gasteiger charge is 2.24. The van der Waals surface area contributed by atoms with E-state index in [1.165, 1.54) is 0 Å². The number of phenolic OH excluding ortho intramolecular Hbond substituents is 1. The number of nitrogens with zero attached hydrogens (tertiary/aromatic N) is 4. The number of azo groups is 1. The van der Waals surface area contributed by atoms with Gasteiger partial charge in [-0.2, -0.15) is 10.4 Å². The molecule has 0 atom stereocenters.